The standard InChI is InChI=1S/C33H46N2O3S/c1-4-5-6-7-8-9-10-11-12-13-14-15-21-38-32-23-30(37-3)19-20-31(32)34-33(36)29-18-16-17-28(22-29)25-35-24-27(2)39-26-35/h16-20,22-24,26H,4-15,21,25H2,1-3H3/p+1. The summed E-state index contributed by atoms with van der Waals surface area (Å²) in [5.74, 6) is 1.21. The minimum Gasteiger partial charge on any atom is -0.497 e. The van der Waals surface area contributed by atoms with Crippen LogP contribution in [0.15, 0.2) is 54.2 Å². The Labute approximate surface area is 239 Å². The highest BCUT2D eigenvalue weighted by Crippen LogP contribution is 2.30. The molecule has 0 spiro atoms. The molecule has 1 N–H and O–H groups in total. The van der Waals surface area contributed by atoms with E-state index < -0.39 is 0 Å². The molecule has 6 heteroatoms. The van der Waals surface area contributed by atoms with Gasteiger partial charge in [0.15, 0.2) is 12.7 Å². The molecular formula is C33H47N2O3S+. The van der Waals surface area contributed by atoms with E-state index in [9.17, 15) is 4.79 Å². The number of unbranched alkanes of at least 4 members (excludes halogenated alkanes) is 11. The molecule has 1 aromatic heterocycles. The summed E-state index contributed by atoms with van der Waals surface area (Å²) >= 11 is 1.72. The fraction of sp³-hybridized carbons (Fsp3) is 0.515. The molecule has 0 unspecified atom stereocenters. The number of nitrogens with one attached hydrogen (secondary N) is 1. The van der Waals surface area contributed by atoms with Gasteiger partial charge < -0.3 is 14.8 Å². The zero-order valence-electron chi connectivity index (χ0n) is 24.2. The lowest BCUT2D eigenvalue weighted by atomic mass is 10.1. The maximum absolute atomic E-state index is 13.1. The molecule has 0 saturated heterocycles. The molecule has 1 heterocycles. The van der Waals surface area contributed by atoms with Crippen LogP contribution >= 0.6 is 11.3 Å². The maximum atomic E-state index is 13.1. The smallest absolute Gasteiger partial charge is 0.255 e. The zero-order valence-corrected chi connectivity index (χ0v) is 25.0. The molecule has 1 amide bonds. The van der Waals surface area contributed by atoms with Gasteiger partial charge in [0.25, 0.3) is 5.91 Å². The Bertz CT molecular complexity index is 1130. The van der Waals surface area contributed by atoms with E-state index in [1.54, 1.807) is 18.4 Å². The van der Waals surface area contributed by atoms with Crippen LogP contribution in [-0.4, -0.2) is 19.6 Å². The van der Waals surface area contributed by atoms with Crippen LogP contribution in [0.4, 0.5) is 5.69 Å². The van der Waals surface area contributed by atoms with E-state index in [0.29, 0.717) is 29.4 Å². The number of carbonyl (C=O) groups excluding carboxylic acids is 1. The van der Waals surface area contributed by atoms with E-state index >= 15 is 0 Å². The van der Waals surface area contributed by atoms with Gasteiger partial charge in [-0.1, -0.05) is 101 Å². The molecule has 0 aliphatic heterocycles. The largest absolute Gasteiger partial charge is 0.497 e. The summed E-state index contributed by atoms with van der Waals surface area (Å²) in [5, 5.41) is 3.05. The number of thiazole rings is 1. The molecule has 3 aromatic rings. The van der Waals surface area contributed by atoms with Crippen molar-refractivity contribution in [2.75, 3.05) is 19.0 Å². The van der Waals surface area contributed by atoms with E-state index in [2.05, 4.69) is 35.4 Å². The van der Waals surface area contributed by atoms with Crippen molar-refractivity contribution in [2.45, 2.75) is 97.4 Å². The molecule has 3 rings (SSSR count). The minimum atomic E-state index is -0.149. The van der Waals surface area contributed by atoms with Crippen LogP contribution in [0.1, 0.15) is 105 Å². The predicted molar refractivity (Wildman–Crippen MR) is 162 cm³/mol. The van der Waals surface area contributed by atoms with Crippen LogP contribution in [0.3, 0.4) is 0 Å². The van der Waals surface area contributed by atoms with E-state index in [-0.39, 0.29) is 5.91 Å². The molecule has 0 saturated carbocycles. The van der Waals surface area contributed by atoms with E-state index in [1.807, 2.05) is 42.5 Å². The van der Waals surface area contributed by atoms with Crippen molar-refractivity contribution in [2.24, 2.45) is 0 Å². The molecule has 5 nitrogen and oxygen atoms in total. The molecule has 0 fully saturated rings. The summed E-state index contributed by atoms with van der Waals surface area (Å²) in [6.45, 7) is 5.73. The number of carbonyl (C=O) groups is 1. The first-order chi connectivity index (χ1) is 19.1. The number of amides is 1. The van der Waals surface area contributed by atoms with Crippen LogP contribution < -0.4 is 19.4 Å². The van der Waals surface area contributed by atoms with Crippen molar-refractivity contribution < 1.29 is 18.8 Å². The Morgan fingerprint density at radius 1 is 0.897 bits per heavy atom. The highest BCUT2D eigenvalue weighted by atomic mass is 32.1. The third kappa shape index (κ3) is 11.4. The molecule has 0 bridgehead atoms. The Hall–Kier alpha value is -2.86. The number of aromatic nitrogens is 1. The van der Waals surface area contributed by atoms with Gasteiger partial charge in [-0.3, -0.25) is 4.79 Å². The fourth-order valence-corrected chi connectivity index (χ4v) is 5.36. The van der Waals surface area contributed by atoms with Gasteiger partial charge in [-0.05, 0) is 37.6 Å². The van der Waals surface area contributed by atoms with Gasteiger partial charge in [0, 0.05) is 17.2 Å². The van der Waals surface area contributed by atoms with Gasteiger partial charge in [0.1, 0.15) is 11.5 Å². The molecule has 0 aliphatic carbocycles. The predicted octanol–water partition coefficient (Wildman–Crippen LogP) is 8.73. The van der Waals surface area contributed by atoms with Crippen molar-refractivity contribution >= 4 is 22.9 Å². The van der Waals surface area contributed by atoms with Crippen LogP contribution in [0.5, 0.6) is 11.5 Å². The Kier molecular flexibility index (Phi) is 13.9. The number of hydrogen-bond donors (Lipinski definition) is 1. The van der Waals surface area contributed by atoms with Gasteiger partial charge >= 0.3 is 0 Å². The Morgan fingerprint density at radius 3 is 2.23 bits per heavy atom. The molecule has 0 radical (unpaired) electrons. The number of nitrogens with zero attached hydrogens (tertiary/aromatic N) is 1. The number of rotatable bonds is 19. The van der Waals surface area contributed by atoms with Crippen molar-refractivity contribution in [1.29, 1.82) is 0 Å². The quantitative estimate of drug-likeness (QED) is 0.120. The average Bonchev–Trinajstić information content (AvgIpc) is 3.36. The van der Waals surface area contributed by atoms with Gasteiger partial charge in [-0.25, -0.2) is 0 Å². The lowest BCUT2D eigenvalue weighted by Crippen LogP contribution is -2.30. The zero-order chi connectivity index (χ0) is 27.7. The molecular weight excluding hydrogens is 504 g/mol. The number of hydrogen-bond acceptors (Lipinski definition) is 4. The number of aryl methyl sites for hydroxylation is 1. The highest BCUT2D eigenvalue weighted by molar-refractivity contribution is 7.09. The van der Waals surface area contributed by atoms with E-state index in [0.717, 1.165) is 24.9 Å². The summed E-state index contributed by atoms with van der Waals surface area (Å²) in [6.07, 6.45) is 17.8. The molecule has 39 heavy (non-hydrogen) atoms. The van der Waals surface area contributed by atoms with Gasteiger partial charge in [0.2, 0.25) is 5.51 Å². The third-order valence-electron chi connectivity index (χ3n) is 6.97. The topological polar surface area (TPSA) is 51.4 Å². The van der Waals surface area contributed by atoms with Crippen molar-refractivity contribution in [3.63, 3.8) is 0 Å². The summed E-state index contributed by atoms with van der Waals surface area (Å²) in [6, 6.07) is 13.3. The summed E-state index contributed by atoms with van der Waals surface area (Å²) < 4.78 is 13.7. The second kappa shape index (κ2) is 17.7. The maximum Gasteiger partial charge on any atom is 0.255 e. The number of benzene rings is 2. The second-order valence-electron chi connectivity index (χ2n) is 10.4. The summed E-state index contributed by atoms with van der Waals surface area (Å²) in [4.78, 5) is 14.4. The first-order valence-electron chi connectivity index (χ1n) is 14.7. The van der Waals surface area contributed by atoms with Gasteiger partial charge in [-0.15, -0.1) is 0 Å². The first-order valence-corrected chi connectivity index (χ1v) is 15.6. The van der Waals surface area contributed by atoms with Crippen molar-refractivity contribution in [3.05, 3.63) is 70.2 Å². The van der Waals surface area contributed by atoms with Gasteiger partial charge in [0.05, 0.1) is 24.3 Å². The lowest BCUT2D eigenvalue weighted by molar-refractivity contribution is -0.683. The number of methoxy groups -OCH3 is 1. The van der Waals surface area contributed by atoms with Crippen molar-refractivity contribution in [1.82, 2.24) is 0 Å². The number of ether oxygens (including phenoxy) is 2. The lowest BCUT2D eigenvalue weighted by Gasteiger charge is -2.14. The molecule has 0 atom stereocenters. The summed E-state index contributed by atoms with van der Waals surface area (Å²) in [5.41, 5.74) is 4.47. The second-order valence-corrected chi connectivity index (χ2v) is 11.5. The normalized spacial score (nSPS) is 10.9. The first kappa shape index (κ1) is 30.7. The van der Waals surface area contributed by atoms with Crippen LogP contribution in [0, 0.1) is 6.92 Å². The van der Waals surface area contributed by atoms with Gasteiger partial charge in [-0.2, -0.15) is 4.57 Å². The fourth-order valence-electron chi connectivity index (χ4n) is 4.72. The molecule has 0 aliphatic rings. The molecule has 2 aromatic carbocycles. The highest BCUT2D eigenvalue weighted by Gasteiger charge is 2.13. The molecule has 212 valence electrons. The Morgan fingerprint density at radius 2 is 1.59 bits per heavy atom. The summed E-state index contributed by atoms with van der Waals surface area (Å²) in [7, 11) is 1.64. The average molecular weight is 552 g/mol. The van der Waals surface area contributed by atoms with Crippen LogP contribution in [-0.2, 0) is 6.54 Å². The van der Waals surface area contributed by atoms with E-state index in [1.165, 1.54) is 69.1 Å². The monoisotopic (exact) mass is 551 g/mol. The van der Waals surface area contributed by atoms with E-state index in [4.69, 9.17) is 9.47 Å². The number of anilines is 1. The third-order valence-corrected chi connectivity index (χ3v) is 7.82. The van der Waals surface area contributed by atoms with Crippen molar-refractivity contribution in [3.8, 4) is 11.5 Å². The SMILES string of the molecule is CCCCCCCCCCCCCCOc1cc(OC)ccc1NC(=O)c1cccc(C[n+]2csc(C)c2)c1. The van der Waals surface area contributed by atoms with Crippen LogP contribution in [0.2, 0.25) is 0 Å². The van der Waals surface area contributed by atoms with Crippen LogP contribution in [0.25, 0.3) is 0 Å². The minimum absolute atomic E-state index is 0.149. The Balaban J connectivity index is 1.43.